The fourth-order valence-electron chi connectivity index (χ4n) is 6.37. The molecule has 3 fully saturated rings. The maximum Gasteiger partial charge on any atom is 0.254 e. The van der Waals surface area contributed by atoms with Crippen LogP contribution in [0.1, 0.15) is 43.0 Å². The summed E-state index contributed by atoms with van der Waals surface area (Å²) >= 11 is 0. The van der Waals surface area contributed by atoms with Crippen molar-refractivity contribution in [3.63, 3.8) is 0 Å². The molecule has 1 saturated heterocycles. The van der Waals surface area contributed by atoms with Crippen LogP contribution in [0.3, 0.4) is 0 Å². The third-order valence-electron chi connectivity index (χ3n) is 8.47. The summed E-state index contributed by atoms with van der Waals surface area (Å²) in [7, 11) is 1.85. The lowest BCUT2D eigenvalue weighted by atomic mass is 10.0. The minimum Gasteiger partial charge on any atom is -0.335 e. The van der Waals surface area contributed by atoms with E-state index in [4.69, 9.17) is 4.98 Å². The average Bonchev–Trinajstić information content (AvgIpc) is 3.22. The van der Waals surface area contributed by atoms with Crippen molar-refractivity contribution >= 4 is 28.0 Å². The van der Waals surface area contributed by atoms with Crippen LogP contribution in [0.25, 0.3) is 33.6 Å². The fourth-order valence-corrected chi connectivity index (χ4v) is 6.37. The van der Waals surface area contributed by atoms with E-state index in [0.717, 1.165) is 36.2 Å². The lowest BCUT2D eigenvalue weighted by Crippen LogP contribution is -2.38. The van der Waals surface area contributed by atoms with Gasteiger partial charge < -0.3 is 14.0 Å². The molecule has 1 aromatic carbocycles. The molecule has 7 rings (SSSR count). The first-order valence-corrected chi connectivity index (χ1v) is 12.4. The van der Waals surface area contributed by atoms with E-state index in [2.05, 4.69) is 28.6 Å². The molecule has 3 atom stereocenters. The standard InChI is InChI=1S/C27H28FN5O/c1-15-18-7-8-22(15)33(14-18)27(34)19-10-20(28)24-21(11-19)30-26(31(24)2)23-12-17-4-3-9-29-25(17)32(23)13-16-5-6-16/h3-4,9-12,15-16,18,22H,5-8,13-14H2,1-2H3. The Balaban J connectivity index is 1.33. The number of amides is 1. The summed E-state index contributed by atoms with van der Waals surface area (Å²) in [6.45, 7) is 3.91. The number of likely N-dealkylation sites (tertiary alicyclic amines) is 1. The second-order valence-electron chi connectivity index (χ2n) is 10.5. The molecule has 6 nitrogen and oxygen atoms in total. The van der Waals surface area contributed by atoms with Crippen LogP contribution in [0.2, 0.25) is 0 Å². The summed E-state index contributed by atoms with van der Waals surface area (Å²) in [5, 5.41) is 1.06. The Morgan fingerprint density at radius 2 is 2.03 bits per heavy atom. The molecular weight excluding hydrogens is 429 g/mol. The number of pyridine rings is 1. The normalized spacial score (nSPS) is 24.1. The van der Waals surface area contributed by atoms with E-state index >= 15 is 4.39 Å². The Kier molecular flexibility index (Phi) is 4.24. The van der Waals surface area contributed by atoms with Gasteiger partial charge >= 0.3 is 0 Å². The van der Waals surface area contributed by atoms with E-state index < -0.39 is 5.82 Å². The van der Waals surface area contributed by atoms with E-state index in [1.807, 2.05) is 28.8 Å². The maximum absolute atomic E-state index is 15.4. The molecule has 4 aromatic rings. The van der Waals surface area contributed by atoms with Crippen LogP contribution in [0.5, 0.6) is 0 Å². The van der Waals surface area contributed by atoms with Gasteiger partial charge in [0.2, 0.25) is 0 Å². The average molecular weight is 458 g/mol. The van der Waals surface area contributed by atoms with Crippen molar-refractivity contribution in [1.29, 1.82) is 0 Å². The first-order chi connectivity index (χ1) is 16.5. The second kappa shape index (κ2) is 7.14. The number of fused-ring (bicyclic) bond motifs is 4. The Morgan fingerprint density at radius 3 is 2.76 bits per heavy atom. The third-order valence-corrected chi connectivity index (χ3v) is 8.47. The zero-order valence-corrected chi connectivity index (χ0v) is 19.5. The van der Waals surface area contributed by atoms with Gasteiger partial charge in [0.15, 0.2) is 5.82 Å². The Bertz CT molecular complexity index is 1460. The van der Waals surface area contributed by atoms with Crippen LogP contribution in [0.15, 0.2) is 36.5 Å². The van der Waals surface area contributed by atoms with Crippen LogP contribution in [0.4, 0.5) is 4.39 Å². The summed E-state index contributed by atoms with van der Waals surface area (Å²) in [6, 6.07) is 9.53. The highest BCUT2D eigenvalue weighted by atomic mass is 19.1. The van der Waals surface area contributed by atoms with Gasteiger partial charge in [0.25, 0.3) is 5.91 Å². The SMILES string of the molecule is CC1C2CCC1N(C(=O)c1cc(F)c3c(c1)nc(-c1cc4cccnc4n1CC1CC1)n3C)C2. The van der Waals surface area contributed by atoms with Gasteiger partial charge in [-0.15, -0.1) is 0 Å². The first kappa shape index (κ1) is 20.2. The molecule has 34 heavy (non-hydrogen) atoms. The second-order valence-corrected chi connectivity index (χ2v) is 10.5. The van der Waals surface area contributed by atoms with Gasteiger partial charge in [0.05, 0.1) is 11.2 Å². The Morgan fingerprint density at radius 1 is 1.18 bits per heavy atom. The molecular formula is C27H28FN5O. The van der Waals surface area contributed by atoms with Gasteiger partial charge in [0, 0.05) is 43.3 Å². The summed E-state index contributed by atoms with van der Waals surface area (Å²) in [5.41, 5.74) is 3.23. The van der Waals surface area contributed by atoms with Crippen LogP contribution < -0.4 is 0 Å². The van der Waals surface area contributed by atoms with E-state index in [1.54, 1.807) is 6.07 Å². The van der Waals surface area contributed by atoms with Crippen molar-refractivity contribution in [3.05, 3.63) is 47.9 Å². The minimum absolute atomic E-state index is 0.0703. The zero-order chi connectivity index (χ0) is 23.1. The lowest BCUT2D eigenvalue weighted by Gasteiger charge is -2.27. The number of carbonyl (C=O) groups excluding carboxylic acids is 1. The van der Waals surface area contributed by atoms with Crippen molar-refractivity contribution < 1.29 is 9.18 Å². The van der Waals surface area contributed by atoms with E-state index in [-0.39, 0.29) is 11.9 Å². The number of carbonyl (C=O) groups is 1. The van der Waals surface area contributed by atoms with Gasteiger partial charge in [-0.1, -0.05) is 6.92 Å². The maximum atomic E-state index is 15.4. The van der Waals surface area contributed by atoms with Gasteiger partial charge in [0.1, 0.15) is 17.0 Å². The minimum atomic E-state index is -0.400. The fraction of sp³-hybridized carbons (Fsp3) is 0.444. The largest absolute Gasteiger partial charge is 0.335 e. The lowest BCUT2D eigenvalue weighted by molar-refractivity contribution is 0.0695. The van der Waals surface area contributed by atoms with Crippen molar-refractivity contribution in [2.24, 2.45) is 24.8 Å². The molecule has 1 aliphatic heterocycles. The van der Waals surface area contributed by atoms with Gasteiger partial charge in [-0.05, 0) is 73.8 Å². The van der Waals surface area contributed by atoms with E-state index in [1.165, 1.54) is 25.3 Å². The van der Waals surface area contributed by atoms with E-state index in [9.17, 15) is 4.79 Å². The number of piperidine rings is 1. The third kappa shape index (κ3) is 2.88. The number of aryl methyl sites for hydroxylation is 1. The van der Waals surface area contributed by atoms with Crippen molar-refractivity contribution in [1.82, 2.24) is 24.0 Å². The van der Waals surface area contributed by atoms with Crippen LogP contribution in [0, 0.1) is 23.6 Å². The summed E-state index contributed by atoms with van der Waals surface area (Å²) < 4.78 is 19.5. The summed E-state index contributed by atoms with van der Waals surface area (Å²) in [4.78, 5) is 24.8. The highest BCUT2D eigenvalue weighted by molar-refractivity contribution is 5.98. The molecule has 4 heterocycles. The predicted octanol–water partition coefficient (Wildman–Crippen LogP) is 5.01. The number of nitrogens with zero attached hydrogens (tertiary/aromatic N) is 5. The number of rotatable bonds is 4. The van der Waals surface area contributed by atoms with E-state index in [0.29, 0.717) is 40.2 Å². The molecule has 7 heteroatoms. The molecule has 0 N–H and O–H groups in total. The molecule has 0 spiro atoms. The number of aromatic nitrogens is 4. The predicted molar refractivity (Wildman–Crippen MR) is 129 cm³/mol. The number of imidazole rings is 1. The molecule has 2 saturated carbocycles. The molecule has 2 bridgehead atoms. The number of benzene rings is 1. The van der Waals surface area contributed by atoms with Crippen molar-refractivity contribution in [2.45, 2.75) is 45.2 Å². The van der Waals surface area contributed by atoms with Crippen LogP contribution in [-0.2, 0) is 13.6 Å². The zero-order valence-electron chi connectivity index (χ0n) is 19.5. The quantitative estimate of drug-likeness (QED) is 0.433. The molecule has 2 aliphatic carbocycles. The molecule has 3 unspecified atom stereocenters. The number of halogens is 1. The summed E-state index contributed by atoms with van der Waals surface area (Å²) in [5.74, 6) is 1.99. The topological polar surface area (TPSA) is 56.0 Å². The molecule has 3 aliphatic rings. The molecule has 3 aromatic heterocycles. The molecule has 174 valence electrons. The monoisotopic (exact) mass is 457 g/mol. The number of hydrogen-bond donors (Lipinski definition) is 0. The molecule has 0 radical (unpaired) electrons. The molecule has 1 amide bonds. The summed E-state index contributed by atoms with van der Waals surface area (Å²) in [6.07, 6.45) is 6.51. The smallest absolute Gasteiger partial charge is 0.254 e. The van der Waals surface area contributed by atoms with Crippen LogP contribution in [-0.4, -0.2) is 42.5 Å². The number of hydrogen-bond acceptors (Lipinski definition) is 3. The highest BCUT2D eigenvalue weighted by Crippen LogP contribution is 2.43. The van der Waals surface area contributed by atoms with Crippen molar-refractivity contribution in [3.8, 4) is 11.5 Å². The van der Waals surface area contributed by atoms with Gasteiger partial charge in [-0.25, -0.2) is 14.4 Å². The van der Waals surface area contributed by atoms with Gasteiger partial charge in [-0.2, -0.15) is 0 Å². The Hall–Kier alpha value is -3.22. The first-order valence-electron chi connectivity index (χ1n) is 12.4. The highest BCUT2D eigenvalue weighted by Gasteiger charge is 2.46. The van der Waals surface area contributed by atoms with Crippen LogP contribution >= 0.6 is 0 Å². The van der Waals surface area contributed by atoms with Crippen molar-refractivity contribution in [2.75, 3.05) is 6.54 Å². The Labute approximate surface area is 197 Å². The van der Waals surface area contributed by atoms with Gasteiger partial charge in [-0.3, -0.25) is 4.79 Å².